The lowest BCUT2D eigenvalue weighted by Gasteiger charge is -2.08. The molecule has 0 amide bonds. The van der Waals surface area contributed by atoms with E-state index in [1.165, 1.54) is 0 Å². The molecule has 10 heavy (non-hydrogen) atoms. The summed E-state index contributed by atoms with van der Waals surface area (Å²) < 4.78 is 4.92. The molecule has 0 aromatic rings. The van der Waals surface area contributed by atoms with Crippen LogP contribution in [0.4, 0.5) is 0 Å². The van der Waals surface area contributed by atoms with E-state index in [1.54, 1.807) is 0 Å². The quantitative estimate of drug-likeness (QED) is 0.547. The molecule has 1 heterocycles. The molecule has 1 rings (SSSR count). The van der Waals surface area contributed by atoms with Gasteiger partial charge in [-0.05, 0) is 12.8 Å². The molecule has 0 N–H and O–H groups in total. The molecule has 2 atom stereocenters. The van der Waals surface area contributed by atoms with Gasteiger partial charge in [-0.2, -0.15) is 0 Å². The van der Waals surface area contributed by atoms with Crippen molar-refractivity contribution in [2.45, 2.75) is 26.7 Å². The topological polar surface area (TPSA) is 26.3 Å². The van der Waals surface area contributed by atoms with Crippen molar-refractivity contribution in [2.75, 3.05) is 6.61 Å². The van der Waals surface area contributed by atoms with Gasteiger partial charge < -0.3 is 4.74 Å². The molecule has 1 aliphatic rings. The van der Waals surface area contributed by atoms with Crippen LogP contribution in [0, 0.1) is 11.8 Å². The molecule has 0 bridgehead atoms. The Hall–Kier alpha value is -0.530. The van der Waals surface area contributed by atoms with E-state index in [0.717, 1.165) is 12.8 Å². The van der Waals surface area contributed by atoms with Crippen LogP contribution in [0.25, 0.3) is 0 Å². The Bertz CT molecular complexity index is 131. The first-order chi connectivity index (χ1) is 4.79. The molecule has 1 saturated heterocycles. The highest BCUT2D eigenvalue weighted by Gasteiger charge is 2.33. The number of hydrogen-bond acceptors (Lipinski definition) is 2. The Morgan fingerprint density at radius 2 is 2.20 bits per heavy atom. The molecule has 0 aliphatic carbocycles. The summed E-state index contributed by atoms with van der Waals surface area (Å²) in [6.45, 7) is 4.79. The summed E-state index contributed by atoms with van der Waals surface area (Å²) >= 11 is 0. The minimum atomic E-state index is 0.00866. The van der Waals surface area contributed by atoms with Gasteiger partial charge in [-0.3, -0.25) is 4.79 Å². The van der Waals surface area contributed by atoms with Crippen LogP contribution < -0.4 is 0 Å². The Labute approximate surface area is 61.6 Å². The van der Waals surface area contributed by atoms with Gasteiger partial charge in [0.1, 0.15) is 0 Å². The second-order valence-electron chi connectivity index (χ2n) is 2.81. The lowest BCUT2D eigenvalue weighted by molar-refractivity contribution is -0.141. The number of carbonyl (C=O) groups excluding carboxylic acids is 1. The van der Waals surface area contributed by atoms with Crippen molar-refractivity contribution in [3.05, 3.63) is 0 Å². The van der Waals surface area contributed by atoms with Crippen LogP contribution in [0.2, 0.25) is 0 Å². The third-order valence-electron chi connectivity index (χ3n) is 2.28. The van der Waals surface area contributed by atoms with Gasteiger partial charge in [0.15, 0.2) is 0 Å². The SMILES string of the molecule is CC[C@@H]1COC(=O)[C@@H]1CC. The molecule has 0 unspecified atom stereocenters. The van der Waals surface area contributed by atoms with Crippen molar-refractivity contribution in [2.24, 2.45) is 11.8 Å². The number of hydrogen-bond donors (Lipinski definition) is 0. The Balaban J connectivity index is 2.54. The standard InChI is InChI=1S/C8H14O2/c1-3-6-5-10-8(9)7(6)4-2/h6-7H,3-5H2,1-2H3/t6-,7-/m1/s1. The highest BCUT2D eigenvalue weighted by atomic mass is 16.5. The van der Waals surface area contributed by atoms with Gasteiger partial charge in [-0.25, -0.2) is 0 Å². The third kappa shape index (κ3) is 1.15. The Morgan fingerprint density at radius 1 is 1.50 bits per heavy atom. The van der Waals surface area contributed by atoms with E-state index in [1.807, 2.05) is 6.92 Å². The lowest BCUT2D eigenvalue weighted by Crippen LogP contribution is -2.13. The molecule has 0 spiro atoms. The summed E-state index contributed by atoms with van der Waals surface area (Å²) in [7, 11) is 0. The number of carbonyl (C=O) groups is 1. The first kappa shape index (κ1) is 7.58. The number of cyclic esters (lactones) is 1. The van der Waals surface area contributed by atoms with Crippen molar-refractivity contribution in [3.8, 4) is 0 Å². The second kappa shape index (κ2) is 3.04. The van der Waals surface area contributed by atoms with E-state index in [9.17, 15) is 4.79 Å². The summed E-state index contributed by atoms with van der Waals surface area (Å²) in [6.07, 6.45) is 1.99. The zero-order valence-electron chi connectivity index (χ0n) is 6.59. The van der Waals surface area contributed by atoms with Crippen LogP contribution in [0.5, 0.6) is 0 Å². The van der Waals surface area contributed by atoms with Crippen molar-refractivity contribution in [1.82, 2.24) is 0 Å². The molecule has 1 aliphatic heterocycles. The zero-order valence-corrected chi connectivity index (χ0v) is 6.59. The fourth-order valence-corrected chi connectivity index (χ4v) is 1.51. The van der Waals surface area contributed by atoms with Gasteiger partial charge in [0, 0.05) is 5.92 Å². The summed E-state index contributed by atoms with van der Waals surface area (Å²) in [5.74, 6) is 0.678. The maximum absolute atomic E-state index is 11.0. The summed E-state index contributed by atoms with van der Waals surface area (Å²) in [5, 5.41) is 0. The number of esters is 1. The molecule has 0 aromatic heterocycles. The first-order valence-corrected chi connectivity index (χ1v) is 3.96. The number of ether oxygens (including phenoxy) is 1. The average molecular weight is 142 g/mol. The van der Waals surface area contributed by atoms with Gasteiger partial charge in [0.25, 0.3) is 0 Å². The van der Waals surface area contributed by atoms with E-state index in [2.05, 4.69) is 6.92 Å². The Kier molecular flexibility index (Phi) is 2.30. The van der Waals surface area contributed by atoms with Crippen LogP contribution >= 0.6 is 0 Å². The third-order valence-corrected chi connectivity index (χ3v) is 2.28. The monoisotopic (exact) mass is 142 g/mol. The maximum atomic E-state index is 11.0. The van der Waals surface area contributed by atoms with E-state index < -0.39 is 0 Å². The van der Waals surface area contributed by atoms with Crippen molar-refractivity contribution in [3.63, 3.8) is 0 Å². The van der Waals surface area contributed by atoms with Gasteiger partial charge >= 0.3 is 5.97 Å². The highest BCUT2D eigenvalue weighted by molar-refractivity contribution is 5.74. The van der Waals surface area contributed by atoms with Crippen LogP contribution in [0.3, 0.4) is 0 Å². The van der Waals surface area contributed by atoms with Crippen LogP contribution in [-0.4, -0.2) is 12.6 Å². The largest absolute Gasteiger partial charge is 0.465 e. The minimum absolute atomic E-state index is 0.00866. The summed E-state index contributed by atoms with van der Waals surface area (Å²) in [4.78, 5) is 11.0. The molecule has 0 aromatic carbocycles. The molecular formula is C8H14O2. The zero-order chi connectivity index (χ0) is 7.56. The van der Waals surface area contributed by atoms with Crippen molar-refractivity contribution < 1.29 is 9.53 Å². The number of rotatable bonds is 2. The van der Waals surface area contributed by atoms with E-state index >= 15 is 0 Å². The van der Waals surface area contributed by atoms with Crippen molar-refractivity contribution in [1.29, 1.82) is 0 Å². The summed E-state index contributed by atoms with van der Waals surface area (Å²) in [5.41, 5.74) is 0. The summed E-state index contributed by atoms with van der Waals surface area (Å²) in [6, 6.07) is 0. The molecule has 2 nitrogen and oxygen atoms in total. The highest BCUT2D eigenvalue weighted by Crippen LogP contribution is 2.26. The predicted octanol–water partition coefficient (Wildman–Crippen LogP) is 1.60. The van der Waals surface area contributed by atoms with Gasteiger partial charge in [-0.15, -0.1) is 0 Å². The van der Waals surface area contributed by atoms with Gasteiger partial charge in [0.2, 0.25) is 0 Å². The maximum Gasteiger partial charge on any atom is 0.309 e. The molecular weight excluding hydrogens is 128 g/mol. The molecule has 1 fully saturated rings. The smallest absolute Gasteiger partial charge is 0.309 e. The second-order valence-corrected chi connectivity index (χ2v) is 2.81. The van der Waals surface area contributed by atoms with Crippen LogP contribution in [-0.2, 0) is 9.53 Å². The normalized spacial score (nSPS) is 32.4. The van der Waals surface area contributed by atoms with Gasteiger partial charge in [-0.1, -0.05) is 13.8 Å². The molecule has 0 saturated carbocycles. The predicted molar refractivity (Wildman–Crippen MR) is 38.5 cm³/mol. The van der Waals surface area contributed by atoms with E-state index in [0.29, 0.717) is 12.5 Å². The van der Waals surface area contributed by atoms with Crippen molar-refractivity contribution >= 4 is 5.97 Å². The molecule has 0 radical (unpaired) electrons. The van der Waals surface area contributed by atoms with Gasteiger partial charge in [0.05, 0.1) is 12.5 Å². The lowest BCUT2D eigenvalue weighted by atomic mass is 9.91. The van der Waals surface area contributed by atoms with Crippen LogP contribution in [0.15, 0.2) is 0 Å². The minimum Gasteiger partial charge on any atom is -0.465 e. The Morgan fingerprint density at radius 3 is 2.60 bits per heavy atom. The molecule has 2 heteroatoms. The van der Waals surface area contributed by atoms with Crippen LogP contribution in [0.1, 0.15) is 26.7 Å². The molecule has 58 valence electrons. The first-order valence-electron chi connectivity index (χ1n) is 3.96. The van der Waals surface area contributed by atoms with E-state index in [-0.39, 0.29) is 11.9 Å². The fourth-order valence-electron chi connectivity index (χ4n) is 1.51. The average Bonchev–Trinajstić information content (AvgIpc) is 2.30. The fraction of sp³-hybridized carbons (Fsp3) is 0.875. The van der Waals surface area contributed by atoms with E-state index in [4.69, 9.17) is 4.74 Å².